The maximum Gasteiger partial charge on any atom is 0.230 e. The van der Waals surface area contributed by atoms with E-state index in [0.717, 1.165) is 62.6 Å². The van der Waals surface area contributed by atoms with Gasteiger partial charge in [0.15, 0.2) is 5.78 Å². The van der Waals surface area contributed by atoms with Gasteiger partial charge in [-0.1, -0.05) is 56.3 Å². The van der Waals surface area contributed by atoms with Crippen LogP contribution in [0.25, 0.3) is 0 Å². The minimum atomic E-state index is 0.0484. The van der Waals surface area contributed by atoms with Crippen LogP contribution < -0.4 is 5.32 Å². The zero-order chi connectivity index (χ0) is 25.3. The molecule has 1 fully saturated rings. The fourth-order valence-electron chi connectivity index (χ4n) is 5.55. The van der Waals surface area contributed by atoms with Crippen molar-refractivity contribution in [2.45, 2.75) is 70.6 Å². The van der Waals surface area contributed by atoms with E-state index in [4.69, 9.17) is 0 Å². The molecule has 2 aromatic carbocycles. The molecule has 1 aliphatic carbocycles. The first-order valence-corrected chi connectivity index (χ1v) is 14.9. The fraction of sp³-hybridized carbons (Fsp3) is 0.548. The van der Waals surface area contributed by atoms with E-state index in [0.29, 0.717) is 11.8 Å². The Morgan fingerprint density at radius 2 is 1.69 bits per heavy atom. The molecule has 1 aliphatic heterocycles. The highest BCUT2D eigenvalue weighted by Crippen LogP contribution is 2.28. The minimum absolute atomic E-state index is 0.0484. The van der Waals surface area contributed by atoms with Crippen LogP contribution in [0.3, 0.4) is 0 Å². The molecule has 5 heteroatoms. The first kappa shape index (κ1) is 26.9. The van der Waals surface area contributed by atoms with Crippen LogP contribution in [0.1, 0.15) is 73.0 Å². The van der Waals surface area contributed by atoms with Gasteiger partial charge in [0.05, 0.1) is 5.75 Å². The molecule has 0 bridgehead atoms. The third-order valence-corrected chi connectivity index (χ3v) is 8.82. The molecule has 4 nitrogen and oxygen atoms in total. The van der Waals surface area contributed by atoms with Crippen molar-refractivity contribution in [1.82, 2.24) is 10.2 Å². The summed E-state index contributed by atoms with van der Waals surface area (Å²) in [5.74, 6) is 2.68. The lowest BCUT2D eigenvalue weighted by molar-refractivity contribution is -0.119. The number of carbonyl (C=O) groups is 2. The molecular weight excluding hydrogens is 464 g/mol. The zero-order valence-corrected chi connectivity index (χ0v) is 22.8. The smallest absolute Gasteiger partial charge is 0.230 e. The minimum Gasteiger partial charge on any atom is -0.353 e. The Morgan fingerprint density at radius 1 is 0.972 bits per heavy atom. The SMILES string of the molecule is CC(C)C(=O)c1ccc2c(c1)CCN(CC[C@H]1CC[C@H](NC(=O)CSCc3ccccc3)CC1)CC2. The summed E-state index contributed by atoms with van der Waals surface area (Å²) in [7, 11) is 0. The van der Waals surface area contributed by atoms with Gasteiger partial charge >= 0.3 is 0 Å². The average Bonchev–Trinajstić information content (AvgIpc) is 3.10. The summed E-state index contributed by atoms with van der Waals surface area (Å²) in [6.07, 6.45) is 8.02. The normalized spacial score (nSPS) is 20.5. The molecule has 1 saturated carbocycles. The molecule has 0 unspecified atom stereocenters. The lowest BCUT2D eigenvalue weighted by Crippen LogP contribution is -2.39. The number of nitrogens with one attached hydrogen (secondary N) is 1. The van der Waals surface area contributed by atoms with Crippen LogP contribution in [0.2, 0.25) is 0 Å². The lowest BCUT2D eigenvalue weighted by atomic mass is 9.84. The molecule has 2 aliphatic rings. The Balaban J connectivity index is 1.13. The van der Waals surface area contributed by atoms with E-state index in [2.05, 4.69) is 34.5 Å². The van der Waals surface area contributed by atoms with E-state index in [1.807, 2.05) is 38.1 Å². The van der Waals surface area contributed by atoms with E-state index in [1.54, 1.807) is 11.8 Å². The van der Waals surface area contributed by atoms with Crippen molar-refractivity contribution in [3.05, 3.63) is 70.8 Å². The highest BCUT2D eigenvalue weighted by molar-refractivity contribution is 7.99. The molecule has 0 radical (unpaired) electrons. The van der Waals surface area contributed by atoms with Crippen molar-refractivity contribution in [2.75, 3.05) is 25.4 Å². The van der Waals surface area contributed by atoms with E-state index in [-0.39, 0.29) is 17.6 Å². The highest BCUT2D eigenvalue weighted by atomic mass is 32.2. The number of hydrogen-bond donors (Lipinski definition) is 1. The Labute approximate surface area is 221 Å². The van der Waals surface area contributed by atoms with Crippen molar-refractivity contribution in [2.24, 2.45) is 11.8 Å². The number of ketones is 1. The van der Waals surface area contributed by atoms with Gasteiger partial charge in [0.25, 0.3) is 0 Å². The first-order valence-electron chi connectivity index (χ1n) is 13.8. The quantitative estimate of drug-likeness (QED) is 0.406. The van der Waals surface area contributed by atoms with Gasteiger partial charge in [-0.2, -0.15) is 0 Å². The molecule has 0 aromatic heterocycles. The average molecular weight is 507 g/mol. The topological polar surface area (TPSA) is 49.4 Å². The molecule has 0 atom stereocenters. The van der Waals surface area contributed by atoms with Crippen molar-refractivity contribution < 1.29 is 9.59 Å². The molecule has 36 heavy (non-hydrogen) atoms. The van der Waals surface area contributed by atoms with Crippen LogP contribution in [0.5, 0.6) is 0 Å². The van der Waals surface area contributed by atoms with Crippen LogP contribution >= 0.6 is 11.8 Å². The van der Waals surface area contributed by atoms with Gasteiger partial charge in [-0.3, -0.25) is 9.59 Å². The monoisotopic (exact) mass is 506 g/mol. The number of benzene rings is 2. The highest BCUT2D eigenvalue weighted by Gasteiger charge is 2.24. The van der Waals surface area contributed by atoms with E-state index >= 15 is 0 Å². The number of thioether (sulfide) groups is 1. The van der Waals surface area contributed by atoms with E-state index in [9.17, 15) is 9.59 Å². The van der Waals surface area contributed by atoms with E-state index in [1.165, 1.54) is 36.0 Å². The second-order valence-electron chi connectivity index (χ2n) is 10.9. The molecule has 4 rings (SSSR count). The largest absolute Gasteiger partial charge is 0.353 e. The molecular formula is C31H42N2O2S. The number of Topliss-reactive ketones (excluding diaryl/α,β-unsaturated/α-hetero) is 1. The van der Waals surface area contributed by atoms with Crippen molar-refractivity contribution in [1.29, 1.82) is 0 Å². The summed E-state index contributed by atoms with van der Waals surface area (Å²) in [6, 6.07) is 17.1. The number of carbonyl (C=O) groups excluding carboxylic acids is 2. The first-order chi connectivity index (χ1) is 17.5. The van der Waals surface area contributed by atoms with Crippen LogP contribution in [0, 0.1) is 11.8 Å². The summed E-state index contributed by atoms with van der Waals surface area (Å²) in [5, 5.41) is 3.27. The standard InChI is InChI=1S/C31H42N2O2S/c1-23(2)31(35)28-11-10-26-15-18-33(19-16-27(26)20-28)17-14-24-8-12-29(13-9-24)32-30(34)22-36-21-25-6-4-3-5-7-25/h3-7,10-11,20,23-24,29H,8-9,12-19,21-22H2,1-2H3,(H,32,34)/t24-,29-. The molecule has 1 N–H and O–H groups in total. The molecule has 1 amide bonds. The molecule has 0 spiro atoms. The summed E-state index contributed by atoms with van der Waals surface area (Å²) >= 11 is 1.69. The Hall–Kier alpha value is -2.11. The van der Waals surface area contributed by atoms with Crippen LogP contribution in [-0.4, -0.2) is 48.0 Å². The zero-order valence-electron chi connectivity index (χ0n) is 22.0. The van der Waals surface area contributed by atoms with Gasteiger partial charge in [0, 0.05) is 36.4 Å². The maximum atomic E-state index is 12.4. The summed E-state index contributed by atoms with van der Waals surface area (Å²) in [4.78, 5) is 27.4. The van der Waals surface area contributed by atoms with Crippen LogP contribution in [0.15, 0.2) is 48.5 Å². The van der Waals surface area contributed by atoms with Gasteiger partial charge in [0.2, 0.25) is 5.91 Å². The second kappa shape index (κ2) is 13.4. The van der Waals surface area contributed by atoms with Crippen molar-refractivity contribution >= 4 is 23.5 Å². The third-order valence-electron chi connectivity index (χ3n) is 7.82. The molecule has 1 heterocycles. The summed E-state index contributed by atoms with van der Waals surface area (Å²) < 4.78 is 0. The fourth-order valence-corrected chi connectivity index (χ4v) is 6.35. The van der Waals surface area contributed by atoms with Crippen molar-refractivity contribution in [3.8, 4) is 0 Å². The number of nitrogens with zero attached hydrogens (tertiary/aromatic N) is 1. The van der Waals surface area contributed by atoms with Gasteiger partial charge in [-0.25, -0.2) is 0 Å². The number of amides is 1. The third kappa shape index (κ3) is 7.94. The molecule has 194 valence electrons. The molecule has 2 aromatic rings. The summed E-state index contributed by atoms with van der Waals surface area (Å²) in [5.41, 5.74) is 4.92. The predicted octanol–water partition coefficient (Wildman–Crippen LogP) is 5.92. The number of rotatable bonds is 10. The Morgan fingerprint density at radius 3 is 2.42 bits per heavy atom. The number of hydrogen-bond acceptors (Lipinski definition) is 4. The van der Waals surface area contributed by atoms with Gasteiger partial charge in [-0.15, -0.1) is 11.8 Å². The van der Waals surface area contributed by atoms with Crippen molar-refractivity contribution in [3.63, 3.8) is 0 Å². The van der Waals surface area contributed by atoms with Crippen LogP contribution in [0.4, 0.5) is 0 Å². The Kier molecular flexibility index (Phi) is 10.1. The molecule has 0 saturated heterocycles. The Bertz CT molecular complexity index is 999. The van der Waals surface area contributed by atoms with Gasteiger partial charge in [-0.05, 0) is 80.2 Å². The predicted molar refractivity (Wildman–Crippen MR) is 151 cm³/mol. The van der Waals surface area contributed by atoms with Gasteiger partial charge in [0.1, 0.15) is 0 Å². The van der Waals surface area contributed by atoms with Gasteiger partial charge < -0.3 is 10.2 Å². The lowest BCUT2D eigenvalue weighted by Gasteiger charge is -2.30. The number of fused-ring (bicyclic) bond motifs is 1. The summed E-state index contributed by atoms with van der Waals surface area (Å²) in [6.45, 7) is 7.30. The maximum absolute atomic E-state index is 12.4. The second-order valence-corrected chi connectivity index (χ2v) is 11.9. The van der Waals surface area contributed by atoms with E-state index < -0.39 is 0 Å². The van der Waals surface area contributed by atoms with Crippen LogP contribution in [-0.2, 0) is 23.4 Å².